The highest BCUT2D eigenvalue weighted by atomic mass is 16.5. The van der Waals surface area contributed by atoms with Crippen LogP contribution in [0.4, 0.5) is 5.82 Å². The third-order valence-electron chi connectivity index (χ3n) is 6.65. The molecule has 174 valence electrons. The molecule has 3 aromatic heterocycles. The van der Waals surface area contributed by atoms with Crippen LogP contribution in [0.1, 0.15) is 18.1 Å². The van der Waals surface area contributed by atoms with Gasteiger partial charge in [-0.15, -0.1) is 0 Å². The number of ether oxygens (including phenoxy) is 1. The van der Waals surface area contributed by atoms with Crippen molar-refractivity contribution in [2.45, 2.75) is 20.8 Å². The molecule has 0 spiro atoms. The lowest BCUT2D eigenvalue weighted by molar-refractivity contribution is -0.129. The van der Waals surface area contributed by atoms with Crippen molar-refractivity contribution < 1.29 is 9.53 Å². The number of hydrogen-bond donors (Lipinski definition) is 1. The third kappa shape index (κ3) is 3.85. The standard InChI is InChI=1S/C26H28N6O2/c1-16-6-5-7-20(17(16)2)25-22(34-4)14-21-26(28-25)24(30-29-21)19-8-9-23(27-15-19)32-12-10-31(11-13-32)18(3)33/h5-9,14-15H,10-13H2,1-4H3,(H,29,30). The normalized spacial score (nSPS) is 14.0. The highest BCUT2D eigenvalue weighted by molar-refractivity contribution is 5.93. The van der Waals surface area contributed by atoms with Gasteiger partial charge in [0.05, 0.1) is 12.6 Å². The molecule has 8 nitrogen and oxygen atoms in total. The smallest absolute Gasteiger partial charge is 0.219 e. The molecule has 1 fully saturated rings. The van der Waals surface area contributed by atoms with Gasteiger partial charge in [-0.2, -0.15) is 5.10 Å². The maximum absolute atomic E-state index is 11.6. The van der Waals surface area contributed by atoms with E-state index in [0.29, 0.717) is 5.75 Å². The van der Waals surface area contributed by atoms with Crippen LogP contribution in [0, 0.1) is 13.8 Å². The summed E-state index contributed by atoms with van der Waals surface area (Å²) in [5.41, 5.74) is 7.46. The molecule has 1 saturated heterocycles. The first-order valence-electron chi connectivity index (χ1n) is 11.4. The molecular weight excluding hydrogens is 428 g/mol. The average molecular weight is 457 g/mol. The van der Waals surface area contributed by atoms with Crippen LogP contribution in [0.2, 0.25) is 0 Å². The maximum atomic E-state index is 11.6. The van der Waals surface area contributed by atoms with Crippen LogP contribution in [0.25, 0.3) is 33.5 Å². The quantitative estimate of drug-likeness (QED) is 0.500. The molecule has 0 aliphatic carbocycles. The van der Waals surface area contributed by atoms with Gasteiger partial charge in [-0.25, -0.2) is 9.97 Å². The molecule has 5 rings (SSSR count). The van der Waals surface area contributed by atoms with E-state index in [-0.39, 0.29) is 5.91 Å². The number of benzene rings is 1. The Labute approximate surface area is 198 Å². The summed E-state index contributed by atoms with van der Waals surface area (Å²) in [6.07, 6.45) is 1.84. The van der Waals surface area contributed by atoms with E-state index in [4.69, 9.17) is 14.7 Å². The Morgan fingerprint density at radius 2 is 1.85 bits per heavy atom. The zero-order valence-electron chi connectivity index (χ0n) is 19.9. The number of amides is 1. The molecule has 1 aromatic carbocycles. The average Bonchev–Trinajstić information content (AvgIpc) is 3.28. The lowest BCUT2D eigenvalue weighted by Crippen LogP contribution is -2.48. The number of anilines is 1. The number of aryl methyl sites for hydroxylation is 1. The number of methoxy groups -OCH3 is 1. The second-order valence-electron chi connectivity index (χ2n) is 8.65. The van der Waals surface area contributed by atoms with Gasteiger partial charge in [0.2, 0.25) is 5.91 Å². The molecule has 34 heavy (non-hydrogen) atoms. The number of aromatic nitrogens is 4. The minimum Gasteiger partial charge on any atom is -0.494 e. The largest absolute Gasteiger partial charge is 0.494 e. The van der Waals surface area contributed by atoms with Gasteiger partial charge in [0, 0.05) is 56.5 Å². The number of aromatic amines is 1. The van der Waals surface area contributed by atoms with Crippen LogP contribution >= 0.6 is 0 Å². The van der Waals surface area contributed by atoms with Crippen molar-refractivity contribution in [3.05, 3.63) is 53.7 Å². The van der Waals surface area contributed by atoms with Gasteiger partial charge in [0.25, 0.3) is 0 Å². The Balaban J connectivity index is 1.49. The molecule has 0 radical (unpaired) electrons. The van der Waals surface area contributed by atoms with E-state index in [1.165, 1.54) is 11.1 Å². The number of nitrogens with zero attached hydrogens (tertiary/aromatic N) is 5. The number of hydrogen-bond acceptors (Lipinski definition) is 6. The van der Waals surface area contributed by atoms with Crippen LogP contribution in [-0.4, -0.2) is 64.3 Å². The van der Waals surface area contributed by atoms with E-state index in [1.54, 1.807) is 14.0 Å². The number of H-pyrrole nitrogens is 1. The van der Waals surface area contributed by atoms with Gasteiger partial charge in [-0.3, -0.25) is 9.89 Å². The topological polar surface area (TPSA) is 87.2 Å². The summed E-state index contributed by atoms with van der Waals surface area (Å²) in [7, 11) is 1.66. The summed E-state index contributed by atoms with van der Waals surface area (Å²) < 4.78 is 5.67. The maximum Gasteiger partial charge on any atom is 0.219 e. The van der Waals surface area contributed by atoms with Crippen LogP contribution in [-0.2, 0) is 4.79 Å². The number of nitrogens with one attached hydrogen (secondary N) is 1. The fourth-order valence-electron chi connectivity index (χ4n) is 4.45. The van der Waals surface area contributed by atoms with Gasteiger partial charge >= 0.3 is 0 Å². The summed E-state index contributed by atoms with van der Waals surface area (Å²) in [5, 5.41) is 7.64. The molecule has 1 N–H and O–H groups in total. The monoisotopic (exact) mass is 456 g/mol. The predicted octanol–water partition coefficient (Wildman–Crippen LogP) is 3.98. The van der Waals surface area contributed by atoms with Crippen molar-refractivity contribution in [3.8, 4) is 28.3 Å². The van der Waals surface area contributed by atoms with E-state index in [9.17, 15) is 4.79 Å². The molecule has 0 bridgehead atoms. The molecule has 4 aromatic rings. The fraction of sp³-hybridized carbons (Fsp3) is 0.308. The molecule has 1 aliphatic heterocycles. The minimum atomic E-state index is 0.123. The molecule has 0 saturated carbocycles. The van der Waals surface area contributed by atoms with E-state index in [0.717, 1.165) is 65.5 Å². The van der Waals surface area contributed by atoms with Crippen LogP contribution in [0.5, 0.6) is 5.75 Å². The number of carbonyl (C=O) groups excluding carboxylic acids is 1. The summed E-state index contributed by atoms with van der Waals surface area (Å²) >= 11 is 0. The van der Waals surface area contributed by atoms with Crippen molar-refractivity contribution in [2.24, 2.45) is 0 Å². The number of rotatable bonds is 4. The van der Waals surface area contributed by atoms with Gasteiger partial charge in [-0.05, 0) is 37.1 Å². The lowest BCUT2D eigenvalue weighted by atomic mass is 9.99. The number of pyridine rings is 2. The Kier molecular flexibility index (Phi) is 5.65. The molecule has 8 heteroatoms. The SMILES string of the molecule is COc1cc2[nH]nc(-c3ccc(N4CCN(C(C)=O)CC4)nc3)c2nc1-c1cccc(C)c1C. The highest BCUT2D eigenvalue weighted by Crippen LogP contribution is 2.36. The molecular formula is C26H28N6O2. The van der Waals surface area contributed by atoms with Crippen molar-refractivity contribution in [3.63, 3.8) is 0 Å². The van der Waals surface area contributed by atoms with Crippen molar-refractivity contribution in [1.82, 2.24) is 25.1 Å². The highest BCUT2D eigenvalue weighted by Gasteiger charge is 2.21. The molecule has 1 aliphatic rings. The zero-order valence-corrected chi connectivity index (χ0v) is 19.9. The third-order valence-corrected chi connectivity index (χ3v) is 6.65. The summed E-state index contributed by atoms with van der Waals surface area (Å²) in [6.45, 7) is 8.80. The number of fused-ring (bicyclic) bond motifs is 1. The van der Waals surface area contributed by atoms with E-state index < -0.39 is 0 Å². The van der Waals surface area contributed by atoms with Gasteiger partial charge < -0.3 is 14.5 Å². The predicted molar refractivity (Wildman–Crippen MR) is 133 cm³/mol. The molecule has 4 heterocycles. The van der Waals surface area contributed by atoms with Gasteiger partial charge in [-0.1, -0.05) is 18.2 Å². The second kappa shape index (κ2) is 8.78. The summed E-state index contributed by atoms with van der Waals surface area (Å²) in [5.74, 6) is 1.73. The van der Waals surface area contributed by atoms with Gasteiger partial charge in [0.15, 0.2) is 0 Å². The number of piperazine rings is 1. The first-order chi connectivity index (χ1) is 16.5. The Morgan fingerprint density at radius 3 is 2.53 bits per heavy atom. The van der Waals surface area contributed by atoms with Crippen LogP contribution in [0.15, 0.2) is 42.6 Å². The Hall–Kier alpha value is -3.94. The first-order valence-corrected chi connectivity index (χ1v) is 11.4. The first kappa shape index (κ1) is 21.9. The fourth-order valence-corrected chi connectivity index (χ4v) is 4.45. The van der Waals surface area contributed by atoms with Crippen LogP contribution in [0.3, 0.4) is 0 Å². The van der Waals surface area contributed by atoms with Crippen LogP contribution < -0.4 is 9.64 Å². The van der Waals surface area contributed by atoms with Gasteiger partial charge in [0.1, 0.15) is 28.5 Å². The molecule has 0 atom stereocenters. The molecule has 1 amide bonds. The van der Waals surface area contributed by atoms with Crippen molar-refractivity contribution >= 4 is 22.8 Å². The zero-order chi connectivity index (χ0) is 23.8. The van der Waals surface area contributed by atoms with E-state index in [1.807, 2.05) is 35.4 Å². The van der Waals surface area contributed by atoms with Crippen molar-refractivity contribution in [2.75, 3.05) is 38.2 Å². The molecule has 0 unspecified atom stereocenters. The van der Waals surface area contributed by atoms with E-state index >= 15 is 0 Å². The summed E-state index contributed by atoms with van der Waals surface area (Å²) in [6, 6.07) is 12.2. The lowest BCUT2D eigenvalue weighted by Gasteiger charge is -2.34. The second-order valence-corrected chi connectivity index (χ2v) is 8.65. The minimum absolute atomic E-state index is 0.123. The number of carbonyl (C=O) groups is 1. The summed E-state index contributed by atoms with van der Waals surface area (Å²) in [4.78, 5) is 25.3. The van der Waals surface area contributed by atoms with E-state index in [2.05, 4.69) is 41.1 Å². The Morgan fingerprint density at radius 1 is 1.06 bits per heavy atom. The van der Waals surface area contributed by atoms with Crippen molar-refractivity contribution in [1.29, 1.82) is 0 Å². The Bertz CT molecular complexity index is 1350.